The van der Waals surface area contributed by atoms with E-state index in [1.807, 2.05) is 7.05 Å². The van der Waals surface area contributed by atoms with Gasteiger partial charge in [0, 0.05) is 24.5 Å². The zero-order chi connectivity index (χ0) is 12.4. The SMILES string of the molecule is CNC(C)c1csc(N2CCC(C)C(C)C2)n1. The van der Waals surface area contributed by atoms with Crippen LogP contribution in [0.2, 0.25) is 0 Å². The highest BCUT2D eigenvalue weighted by Gasteiger charge is 2.24. The summed E-state index contributed by atoms with van der Waals surface area (Å²) in [5, 5.41) is 6.61. The molecule has 96 valence electrons. The fraction of sp³-hybridized carbons (Fsp3) is 0.769. The lowest BCUT2D eigenvalue weighted by molar-refractivity contribution is 0.323. The highest BCUT2D eigenvalue weighted by Crippen LogP contribution is 2.30. The molecule has 1 saturated heterocycles. The Kier molecular flexibility index (Phi) is 4.05. The summed E-state index contributed by atoms with van der Waals surface area (Å²) in [6, 6.07) is 0.348. The molecule has 2 heterocycles. The molecule has 1 N–H and O–H groups in total. The molecule has 2 rings (SSSR count). The molecule has 0 radical (unpaired) electrons. The number of anilines is 1. The standard InChI is InChI=1S/C13H23N3S/c1-9-5-6-16(7-10(9)2)13-15-12(8-17-13)11(3)14-4/h8-11,14H,5-7H2,1-4H3. The van der Waals surface area contributed by atoms with Gasteiger partial charge in [0.25, 0.3) is 0 Å². The summed E-state index contributed by atoms with van der Waals surface area (Å²) in [6.45, 7) is 9.17. The van der Waals surface area contributed by atoms with E-state index < -0.39 is 0 Å². The van der Waals surface area contributed by atoms with Crippen LogP contribution in [-0.2, 0) is 0 Å². The van der Waals surface area contributed by atoms with Crippen molar-refractivity contribution in [2.24, 2.45) is 11.8 Å². The smallest absolute Gasteiger partial charge is 0.185 e. The van der Waals surface area contributed by atoms with Crippen molar-refractivity contribution in [2.45, 2.75) is 33.2 Å². The fourth-order valence-corrected chi connectivity index (χ4v) is 3.16. The normalized spacial score (nSPS) is 27.2. The Morgan fingerprint density at radius 1 is 1.47 bits per heavy atom. The van der Waals surface area contributed by atoms with Crippen LogP contribution >= 0.6 is 11.3 Å². The number of aromatic nitrogens is 1. The van der Waals surface area contributed by atoms with Crippen molar-refractivity contribution in [1.82, 2.24) is 10.3 Å². The van der Waals surface area contributed by atoms with Crippen molar-refractivity contribution in [3.63, 3.8) is 0 Å². The molecule has 3 nitrogen and oxygen atoms in total. The summed E-state index contributed by atoms with van der Waals surface area (Å²) in [5.41, 5.74) is 1.17. The lowest BCUT2D eigenvalue weighted by Gasteiger charge is -2.35. The highest BCUT2D eigenvalue weighted by molar-refractivity contribution is 7.13. The van der Waals surface area contributed by atoms with E-state index in [1.54, 1.807) is 11.3 Å². The Labute approximate surface area is 108 Å². The van der Waals surface area contributed by atoms with Gasteiger partial charge in [-0.05, 0) is 32.2 Å². The monoisotopic (exact) mass is 253 g/mol. The molecule has 3 atom stereocenters. The minimum Gasteiger partial charge on any atom is -0.348 e. The third kappa shape index (κ3) is 2.80. The zero-order valence-corrected chi connectivity index (χ0v) is 12.0. The molecule has 0 bridgehead atoms. The number of nitrogens with zero attached hydrogens (tertiary/aromatic N) is 2. The van der Waals surface area contributed by atoms with Crippen molar-refractivity contribution in [3.8, 4) is 0 Å². The van der Waals surface area contributed by atoms with Crippen molar-refractivity contribution in [2.75, 3.05) is 25.0 Å². The number of hydrogen-bond acceptors (Lipinski definition) is 4. The molecule has 1 aliphatic rings. The van der Waals surface area contributed by atoms with E-state index in [0.29, 0.717) is 6.04 Å². The molecule has 0 aliphatic carbocycles. The van der Waals surface area contributed by atoms with E-state index >= 15 is 0 Å². The molecule has 3 unspecified atom stereocenters. The molecule has 0 saturated carbocycles. The van der Waals surface area contributed by atoms with Gasteiger partial charge >= 0.3 is 0 Å². The number of hydrogen-bond donors (Lipinski definition) is 1. The summed E-state index contributed by atoms with van der Waals surface area (Å²) in [5.74, 6) is 1.62. The summed E-state index contributed by atoms with van der Waals surface area (Å²) in [7, 11) is 1.98. The lowest BCUT2D eigenvalue weighted by Crippen LogP contribution is -2.38. The molecular formula is C13H23N3S. The van der Waals surface area contributed by atoms with E-state index in [-0.39, 0.29) is 0 Å². The summed E-state index contributed by atoms with van der Waals surface area (Å²) in [4.78, 5) is 7.19. The van der Waals surface area contributed by atoms with Gasteiger partial charge in [-0.3, -0.25) is 0 Å². The van der Waals surface area contributed by atoms with Gasteiger partial charge in [-0.2, -0.15) is 0 Å². The Balaban J connectivity index is 2.05. The molecule has 0 aromatic carbocycles. The summed E-state index contributed by atoms with van der Waals surface area (Å²) in [6.07, 6.45) is 1.29. The van der Waals surface area contributed by atoms with E-state index in [1.165, 1.54) is 17.2 Å². The average molecular weight is 253 g/mol. The van der Waals surface area contributed by atoms with Crippen molar-refractivity contribution >= 4 is 16.5 Å². The largest absolute Gasteiger partial charge is 0.348 e. The van der Waals surface area contributed by atoms with Crippen molar-refractivity contribution in [3.05, 3.63) is 11.1 Å². The van der Waals surface area contributed by atoms with Gasteiger partial charge in [-0.15, -0.1) is 11.3 Å². The molecular weight excluding hydrogens is 230 g/mol. The molecule has 1 fully saturated rings. The van der Waals surface area contributed by atoms with Gasteiger partial charge in [0.15, 0.2) is 5.13 Å². The van der Waals surface area contributed by atoms with Gasteiger partial charge in [-0.25, -0.2) is 4.98 Å². The Bertz CT molecular complexity index is 363. The van der Waals surface area contributed by atoms with Crippen LogP contribution in [-0.4, -0.2) is 25.1 Å². The number of nitrogens with one attached hydrogen (secondary N) is 1. The van der Waals surface area contributed by atoms with Crippen LogP contribution in [0.25, 0.3) is 0 Å². The Hall–Kier alpha value is -0.610. The second-order valence-electron chi connectivity index (χ2n) is 5.25. The first kappa shape index (κ1) is 12.8. The van der Waals surface area contributed by atoms with Crippen LogP contribution in [0.5, 0.6) is 0 Å². The third-order valence-corrected chi connectivity index (χ3v) is 4.91. The quantitative estimate of drug-likeness (QED) is 0.898. The van der Waals surface area contributed by atoms with Crippen LogP contribution in [0, 0.1) is 11.8 Å². The maximum absolute atomic E-state index is 4.75. The molecule has 0 amide bonds. The minimum atomic E-state index is 0.348. The number of thiazole rings is 1. The molecule has 1 aromatic rings. The van der Waals surface area contributed by atoms with Gasteiger partial charge < -0.3 is 10.2 Å². The van der Waals surface area contributed by atoms with E-state index in [0.717, 1.165) is 24.9 Å². The number of piperidine rings is 1. The van der Waals surface area contributed by atoms with Crippen LogP contribution in [0.4, 0.5) is 5.13 Å². The van der Waals surface area contributed by atoms with Gasteiger partial charge in [-0.1, -0.05) is 13.8 Å². The van der Waals surface area contributed by atoms with Crippen molar-refractivity contribution in [1.29, 1.82) is 0 Å². The van der Waals surface area contributed by atoms with Crippen LogP contribution in [0.1, 0.15) is 38.9 Å². The molecule has 4 heteroatoms. The second-order valence-corrected chi connectivity index (χ2v) is 6.09. The molecule has 1 aromatic heterocycles. The minimum absolute atomic E-state index is 0.348. The number of rotatable bonds is 3. The summed E-state index contributed by atoms with van der Waals surface area (Å²) < 4.78 is 0. The van der Waals surface area contributed by atoms with Crippen molar-refractivity contribution < 1.29 is 0 Å². The van der Waals surface area contributed by atoms with Gasteiger partial charge in [0.05, 0.1) is 5.69 Å². The topological polar surface area (TPSA) is 28.2 Å². The zero-order valence-electron chi connectivity index (χ0n) is 11.2. The first-order valence-electron chi connectivity index (χ1n) is 6.49. The maximum atomic E-state index is 4.75. The van der Waals surface area contributed by atoms with Crippen LogP contribution in [0.15, 0.2) is 5.38 Å². The first-order valence-corrected chi connectivity index (χ1v) is 7.37. The first-order chi connectivity index (χ1) is 8.11. The van der Waals surface area contributed by atoms with Crippen LogP contribution < -0.4 is 10.2 Å². The molecule has 1 aliphatic heterocycles. The van der Waals surface area contributed by atoms with Gasteiger partial charge in [0.2, 0.25) is 0 Å². The third-order valence-electron chi connectivity index (χ3n) is 3.99. The predicted octanol–water partition coefficient (Wildman–Crippen LogP) is 2.91. The molecule has 0 spiro atoms. The fourth-order valence-electron chi connectivity index (χ4n) is 2.20. The average Bonchev–Trinajstić information content (AvgIpc) is 2.81. The van der Waals surface area contributed by atoms with E-state index in [9.17, 15) is 0 Å². The Morgan fingerprint density at radius 2 is 2.24 bits per heavy atom. The van der Waals surface area contributed by atoms with E-state index in [2.05, 4.69) is 36.4 Å². The molecule has 17 heavy (non-hydrogen) atoms. The second kappa shape index (κ2) is 5.36. The maximum Gasteiger partial charge on any atom is 0.185 e. The van der Waals surface area contributed by atoms with Crippen LogP contribution in [0.3, 0.4) is 0 Å². The summed E-state index contributed by atoms with van der Waals surface area (Å²) >= 11 is 1.78. The van der Waals surface area contributed by atoms with E-state index in [4.69, 9.17) is 4.98 Å². The predicted molar refractivity (Wildman–Crippen MR) is 74.7 cm³/mol. The highest BCUT2D eigenvalue weighted by atomic mass is 32.1. The van der Waals surface area contributed by atoms with Gasteiger partial charge in [0.1, 0.15) is 0 Å². The Morgan fingerprint density at radius 3 is 2.88 bits per heavy atom. The lowest BCUT2D eigenvalue weighted by atomic mass is 9.89.